The van der Waals surface area contributed by atoms with Gasteiger partial charge >= 0.3 is 0 Å². The second-order valence-electron chi connectivity index (χ2n) is 4.97. The molecule has 0 aliphatic heterocycles. The van der Waals surface area contributed by atoms with E-state index in [1.165, 1.54) is 12.1 Å². The number of nitrogens with zero attached hydrogens (tertiary/aromatic N) is 2. The van der Waals surface area contributed by atoms with E-state index < -0.39 is 11.7 Å². The number of anilines is 1. The zero-order valence-corrected chi connectivity index (χ0v) is 10.7. The first-order chi connectivity index (χ1) is 8.93. The van der Waals surface area contributed by atoms with Crippen LogP contribution in [0.5, 0.6) is 0 Å². The SMILES string of the molecule is CN(c1ccc(C#N)c(F)c1)C1CCC(F)(F)CC1. The van der Waals surface area contributed by atoms with Gasteiger partial charge in [-0.2, -0.15) is 5.26 Å². The quantitative estimate of drug-likeness (QED) is 0.817. The highest BCUT2D eigenvalue weighted by atomic mass is 19.3. The fraction of sp³-hybridized carbons (Fsp3) is 0.500. The van der Waals surface area contributed by atoms with Gasteiger partial charge in [0.2, 0.25) is 5.92 Å². The van der Waals surface area contributed by atoms with Gasteiger partial charge in [0.1, 0.15) is 11.9 Å². The van der Waals surface area contributed by atoms with Crippen LogP contribution in [0.4, 0.5) is 18.9 Å². The molecule has 0 bridgehead atoms. The fourth-order valence-electron chi connectivity index (χ4n) is 2.44. The largest absolute Gasteiger partial charge is 0.372 e. The molecule has 2 nitrogen and oxygen atoms in total. The summed E-state index contributed by atoms with van der Waals surface area (Å²) in [4.78, 5) is 1.82. The Morgan fingerprint density at radius 2 is 1.95 bits per heavy atom. The second kappa shape index (κ2) is 5.12. The molecule has 1 aliphatic carbocycles. The molecule has 0 unspecified atom stereocenters. The van der Waals surface area contributed by atoms with Gasteiger partial charge in [0.05, 0.1) is 5.56 Å². The van der Waals surface area contributed by atoms with E-state index in [1.54, 1.807) is 19.2 Å². The Kier molecular flexibility index (Phi) is 3.70. The number of nitriles is 1. The molecule has 0 radical (unpaired) electrons. The molecule has 0 saturated heterocycles. The third kappa shape index (κ3) is 3.01. The first-order valence-electron chi connectivity index (χ1n) is 6.23. The van der Waals surface area contributed by atoms with Crippen LogP contribution >= 0.6 is 0 Å². The van der Waals surface area contributed by atoms with Crippen LogP contribution in [0.1, 0.15) is 31.2 Å². The Hall–Kier alpha value is -1.70. The first-order valence-corrected chi connectivity index (χ1v) is 6.23. The van der Waals surface area contributed by atoms with Crippen LogP contribution in [-0.4, -0.2) is 19.0 Å². The predicted molar refractivity (Wildman–Crippen MR) is 66.7 cm³/mol. The molecule has 5 heteroatoms. The Balaban J connectivity index is 2.10. The average molecular weight is 268 g/mol. The van der Waals surface area contributed by atoms with Crippen molar-refractivity contribution in [1.29, 1.82) is 5.26 Å². The van der Waals surface area contributed by atoms with E-state index in [0.29, 0.717) is 18.5 Å². The van der Waals surface area contributed by atoms with Crippen LogP contribution in [0.25, 0.3) is 0 Å². The summed E-state index contributed by atoms with van der Waals surface area (Å²) < 4.78 is 39.7. The summed E-state index contributed by atoms with van der Waals surface area (Å²) >= 11 is 0. The van der Waals surface area contributed by atoms with Gasteiger partial charge in [-0.25, -0.2) is 13.2 Å². The number of benzene rings is 1. The van der Waals surface area contributed by atoms with Crippen molar-refractivity contribution in [1.82, 2.24) is 0 Å². The summed E-state index contributed by atoms with van der Waals surface area (Å²) in [6.07, 6.45) is 0.539. The molecule has 1 aromatic rings. The molecule has 1 aromatic carbocycles. The highest BCUT2D eigenvalue weighted by Gasteiger charge is 2.36. The molecule has 0 heterocycles. The lowest BCUT2D eigenvalue weighted by atomic mass is 9.91. The summed E-state index contributed by atoms with van der Waals surface area (Å²) in [5, 5.41) is 8.67. The smallest absolute Gasteiger partial charge is 0.248 e. The fourth-order valence-corrected chi connectivity index (χ4v) is 2.44. The van der Waals surface area contributed by atoms with Gasteiger partial charge in [-0.15, -0.1) is 0 Å². The van der Waals surface area contributed by atoms with Crippen molar-refractivity contribution in [3.63, 3.8) is 0 Å². The lowest BCUT2D eigenvalue weighted by Crippen LogP contribution is -2.38. The average Bonchev–Trinajstić information content (AvgIpc) is 2.38. The maximum absolute atomic E-state index is 13.5. The molecule has 1 saturated carbocycles. The monoisotopic (exact) mass is 268 g/mol. The van der Waals surface area contributed by atoms with E-state index in [1.807, 2.05) is 4.90 Å². The highest BCUT2D eigenvalue weighted by Crippen LogP contribution is 2.36. The van der Waals surface area contributed by atoms with Gasteiger partial charge in [0.25, 0.3) is 0 Å². The summed E-state index contributed by atoms with van der Waals surface area (Å²) in [5.41, 5.74) is 0.610. The van der Waals surface area contributed by atoms with Gasteiger partial charge < -0.3 is 4.90 Å². The Morgan fingerprint density at radius 3 is 2.47 bits per heavy atom. The standard InChI is InChI=1S/C14H15F3N2/c1-19(11-4-6-14(16,17)7-5-11)12-3-2-10(9-18)13(15)8-12/h2-3,8,11H,4-7H2,1H3. The van der Waals surface area contributed by atoms with Gasteiger partial charge in [0.15, 0.2) is 0 Å². The van der Waals surface area contributed by atoms with Crippen LogP contribution in [0, 0.1) is 17.1 Å². The minimum Gasteiger partial charge on any atom is -0.372 e. The highest BCUT2D eigenvalue weighted by molar-refractivity contribution is 5.50. The number of alkyl halides is 2. The number of hydrogen-bond acceptors (Lipinski definition) is 2. The van der Waals surface area contributed by atoms with E-state index in [4.69, 9.17) is 5.26 Å². The molecular formula is C14H15F3N2. The number of rotatable bonds is 2. The number of halogens is 3. The molecule has 102 valence electrons. The summed E-state index contributed by atoms with van der Waals surface area (Å²) in [6.45, 7) is 0. The Morgan fingerprint density at radius 1 is 1.32 bits per heavy atom. The molecule has 0 amide bonds. The third-order valence-corrected chi connectivity index (χ3v) is 3.71. The van der Waals surface area contributed by atoms with E-state index in [9.17, 15) is 13.2 Å². The zero-order valence-electron chi connectivity index (χ0n) is 10.7. The molecule has 0 atom stereocenters. The van der Waals surface area contributed by atoms with Gasteiger partial charge in [-0.1, -0.05) is 0 Å². The van der Waals surface area contributed by atoms with Crippen molar-refractivity contribution in [2.24, 2.45) is 0 Å². The van der Waals surface area contributed by atoms with E-state index >= 15 is 0 Å². The van der Waals surface area contributed by atoms with Crippen molar-refractivity contribution < 1.29 is 13.2 Å². The van der Waals surface area contributed by atoms with Crippen LogP contribution in [-0.2, 0) is 0 Å². The normalized spacial score (nSPS) is 18.9. The van der Waals surface area contributed by atoms with E-state index in [2.05, 4.69) is 0 Å². The Bertz CT molecular complexity index is 498. The van der Waals surface area contributed by atoms with E-state index in [0.717, 1.165) is 0 Å². The molecule has 19 heavy (non-hydrogen) atoms. The number of hydrogen-bond donors (Lipinski definition) is 0. The predicted octanol–water partition coefficient (Wildman–Crippen LogP) is 3.71. The molecule has 0 N–H and O–H groups in total. The van der Waals surface area contributed by atoms with Crippen LogP contribution in [0.2, 0.25) is 0 Å². The van der Waals surface area contributed by atoms with Crippen molar-refractivity contribution in [3.05, 3.63) is 29.6 Å². The first kappa shape index (κ1) is 13.7. The Labute approximate surface area is 110 Å². The van der Waals surface area contributed by atoms with Crippen molar-refractivity contribution in [2.45, 2.75) is 37.6 Å². The molecule has 1 fully saturated rings. The van der Waals surface area contributed by atoms with Gasteiger partial charge in [-0.05, 0) is 31.0 Å². The van der Waals surface area contributed by atoms with Gasteiger partial charge in [-0.3, -0.25) is 0 Å². The minimum atomic E-state index is -2.56. The van der Waals surface area contributed by atoms with Crippen LogP contribution in [0.15, 0.2) is 18.2 Å². The van der Waals surface area contributed by atoms with E-state index in [-0.39, 0.29) is 24.4 Å². The molecule has 0 aromatic heterocycles. The minimum absolute atomic E-state index is 0.00710. The summed E-state index contributed by atoms with van der Waals surface area (Å²) in [5.74, 6) is -3.14. The molecule has 2 rings (SSSR count). The summed E-state index contributed by atoms with van der Waals surface area (Å²) in [7, 11) is 1.77. The molecule has 0 spiro atoms. The maximum Gasteiger partial charge on any atom is 0.248 e. The van der Waals surface area contributed by atoms with Crippen molar-refractivity contribution in [2.75, 3.05) is 11.9 Å². The van der Waals surface area contributed by atoms with Crippen LogP contribution < -0.4 is 4.90 Å². The molecule has 1 aliphatic rings. The van der Waals surface area contributed by atoms with Gasteiger partial charge in [0, 0.05) is 31.6 Å². The lowest BCUT2D eigenvalue weighted by Gasteiger charge is -2.35. The second-order valence-corrected chi connectivity index (χ2v) is 4.97. The summed E-state index contributed by atoms with van der Waals surface area (Å²) in [6, 6.07) is 6.10. The van der Waals surface area contributed by atoms with Crippen molar-refractivity contribution in [3.8, 4) is 6.07 Å². The zero-order chi connectivity index (χ0) is 14.0. The van der Waals surface area contributed by atoms with Crippen molar-refractivity contribution >= 4 is 5.69 Å². The third-order valence-electron chi connectivity index (χ3n) is 3.71. The molecular weight excluding hydrogens is 253 g/mol. The maximum atomic E-state index is 13.5. The van der Waals surface area contributed by atoms with Crippen LogP contribution in [0.3, 0.4) is 0 Å². The topological polar surface area (TPSA) is 27.0 Å². The lowest BCUT2D eigenvalue weighted by molar-refractivity contribution is -0.0378.